The second-order valence-corrected chi connectivity index (χ2v) is 0.757. The Morgan fingerprint density at radius 3 is 2.17 bits per heavy atom. The highest BCUT2D eigenvalue weighted by Gasteiger charge is 1.52. The molecule has 0 aromatic carbocycles. The van der Waals surface area contributed by atoms with E-state index >= 15 is 0 Å². The van der Waals surface area contributed by atoms with Crippen LogP contribution in [-0.2, 0) is 4.79 Å². The Morgan fingerprint density at radius 2 is 2.00 bits per heavy atom. The second kappa shape index (κ2) is 4.15. The molecule has 0 aromatic rings. The molecule has 0 heterocycles. The summed E-state index contributed by atoms with van der Waals surface area (Å²) in [5, 5.41) is 0. The lowest BCUT2D eigenvalue weighted by atomic mass is 10.5. The van der Waals surface area contributed by atoms with E-state index in [-0.39, 0.29) is 0 Å². The van der Waals surface area contributed by atoms with Gasteiger partial charge in [-0.2, -0.15) is 0 Å². The van der Waals surface area contributed by atoms with Crippen molar-refractivity contribution in [3.05, 3.63) is 24.8 Å². The monoisotopic (exact) mass is 82.0 g/mol. The van der Waals surface area contributed by atoms with Crippen molar-refractivity contribution >= 4 is 6.29 Å². The summed E-state index contributed by atoms with van der Waals surface area (Å²) in [6, 6.07) is 0. The van der Waals surface area contributed by atoms with E-state index in [4.69, 9.17) is 0 Å². The summed E-state index contributed by atoms with van der Waals surface area (Å²) in [6.45, 7) is 3.35. The van der Waals surface area contributed by atoms with E-state index in [9.17, 15) is 4.79 Å². The first kappa shape index (κ1) is 5.15. The molecule has 0 aliphatic carbocycles. The van der Waals surface area contributed by atoms with Gasteiger partial charge in [0.05, 0.1) is 0 Å². The third-order valence-electron chi connectivity index (χ3n) is 0.326. The van der Waals surface area contributed by atoms with Crippen LogP contribution in [0.15, 0.2) is 24.8 Å². The van der Waals surface area contributed by atoms with E-state index in [1.54, 1.807) is 12.2 Å². The number of carbonyl (C=O) groups excluding carboxylic acids is 1. The summed E-state index contributed by atoms with van der Waals surface area (Å²) in [4.78, 5) is 9.43. The van der Waals surface area contributed by atoms with E-state index < -0.39 is 0 Å². The molecule has 0 spiro atoms. The number of aldehydes is 1. The van der Waals surface area contributed by atoms with Gasteiger partial charge < -0.3 is 0 Å². The standard InChI is InChI=1S/C5H6O/c1-2-3-4-5-6/h2-5H,1H2/b4-3+. The Labute approximate surface area is 37.0 Å². The number of carbonyl (C=O) groups is 1. The first-order chi connectivity index (χ1) is 2.91. The average molecular weight is 82.1 g/mol. The zero-order valence-electron chi connectivity index (χ0n) is 3.42. The molecule has 1 nitrogen and oxygen atoms in total. The van der Waals surface area contributed by atoms with E-state index in [1.807, 2.05) is 0 Å². The summed E-state index contributed by atoms with van der Waals surface area (Å²) in [7, 11) is 0. The lowest BCUT2D eigenvalue weighted by molar-refractivity contribution is -0.104. The van der Waals surface area contributed by atoms with Gasteiger partial charge in [-0.1, -0.05) is 18.7 Å². The van der Waals surface area contributed by atoms with Crippen molar-refractivity contribution in [3.63, 3.8) is 0 Å². The largest absolute Gasteiger partial charge is 0.299 e. The smallest absolute Gasteiger partial charge is 0.142 e. The zero-order chi connectivity index (χ0) is 4.83. The molecule has 0 amide bonds. The number of allylic oxidation sites excluding steroid dienone is 3. The highest BCUT2D eigenvalue weighted by molar-refractivity contribution is 5.65. The topological polar surface area (TPSA) is 17.1 Å². The normalized spacial score (nSPS) is 8.67. The zero-order valence-corrected chi connectivity index (χ0v) is 3.42. The van der Waals surface area contributed by atoms with Gasteiger partial charge >= 0.3 is 0 Å². The Kier molecular flexibility index (Phi) is 3.56. The highest BCUT2D eigenvalue weighted by atomic mass is 16.1. The number of rotatable bonds is 2. The van der Waals surface area contributed by atoms with Gasteiger partial charge in [0.25, 0.3) is 0 Å². The van der Waals surface area contributed by atoms with Crippen LogP contribution in [0.3, 0.4) is 0 Å². The molecule has 0 rings (SSSR count). The van der Waals surface area contributed by atoms with Crippen molar-refractivity contribution in [1.29, 1.82) is 0 Å². The molecule has 0 saturated heterocycles. The fraction of sp³-hybridized carbons (Fsp3) is 0. The fourth-order valence-corrected chi connectivity index (χ4v) is 0.124. The Balaban J connectivity index is 3.17. The van der Waals surface area contributed by atoms with Gasteiger partial charge in [0.2, 0.25) is 0 Å². The van der Waals surface area contributed by atoms with Gasteiger partial charge in [0, 0.05) is 0 Å². The van der Waals surface area contributed by atoms with E-state index in [0.717, 1.165) is 0 Å². The van der Waals surface area contributed by atoms with E-state index in [0.29, 0.717) is 6.29 Å². The van der Waals surface area contributed by atoms with Crippen LogP contribution in [0.1, 0.15) is 0 Å². The maximum atomic E-state index is 9.43. The molecule has 0 atom stereocenters. The lowest BCUT2D eigenvalue weighted by Crippen LogP contribution is -1.52. The van der Waals surface area contributed by atoms with Gasteiger partial charge in [-0.25, -0.2) is 0 Å². The average Bonchev–Trinajstić information content (AvgIpc) is 1.61. The fourth-order valence-electron chi connectivity index (χ4n) is 0.124. The Morgan fingerprint density at radius 1 is 1.33 bits per heavy atom. The minimum Gasteiger partial charge on any atom is -0.299 e. The van der Waals surface area contributed by atoms with Crippen LogP contribution in [0.25, 0.3) is 0 Å². The number of hydrogen-bond acceptors (Lipinski definition) is 1. The quantitative estimate of drug-likeness (QED) is 0.275. The van der Waals surface area contributed by atoms with Crippen molar-refractivity contribution in [2.75, 3.05) is 0 Å². The highest BCUT2D eigenvalue weighted by Crippen LogP contribution is 1.63. The van der Waals surface area contributed by atoms with Crippen molar-refractivity contribution < 1.29 is 4.79 Å². The lowest BCUT2D eigenvalue weighted by Gasteiger charge is -1.56. The third-order valence-corrected chi connectivity index (χ3v) is 0.326. The van der Waals surface area contributed by atoms with Crippen LogP contribution in [-0.4, -0.2) is 6.29 Å². The molecule has 0 bridgehead atoms. The summed E-state index contributed by atoms with van der Waals surface area (Å²) in [5.74, 6) is 0. The minimum absolute atomic E-state index is 0.710. The van der Waals surface area contributed by atoms with Crippen molar-refractivity contribution in [2.45, 2.75) is 0 Å². The predicted octanol–water partition coefficient (Wildman–Crippen LogP) is 0.927. The van der Waals surface area contributed by atoms with Crippen LogP contribution in [0, 0.1) is 0 Å². The summed E-state index contributed by atoms with van der Waals surface area (Å²) < 4.78 is 0. The molecule has 1 heteroatoms. The Bertz CT molecular complexity index is 62.0. The molecule has 0 N–H and O–H groups in total. The van der Waals surface area contributed by atoms with Gasteiger partial charge in [0.15, 0.2) is 0 Å². The molecule has 0 aliphatic heterocycles. The molecule has 6 heavy (non-hydrogen) atoms. The van der Waals surface area contributed by atoms with Crippen LogP contribution in [0.4, 0.5) is 0 Å². The van der Waals surface area contributed by atoms with Crippen molar-refractivity contribution in [3.8, 4) is 0 Å². The molecular weight excluding hydrogens is 76.1 g/mol. The molecule has 0 saturated carbocycles. The maximum absolute atomic E-state index is 9.43. The predicted molar refractivity (Wildman–Crippen MR) is 25.4 cm³/mol. The molecule has 32 valence electrons. The Hall–Kier alpha value is -0.850. The number of hydrogen-bond donors (Lipinski definition) is 0. The van der Waals surface area contributed by atoms with E-state index in [1.165, 1.54) is 6.08 Å². The van der Waals surface area contributed by atoms with Crippen LogP contribution in [0.2, 0.25) is 0 Å². The first-order valence-corrected chi connectivity index (χ1v) is 1.64. The maximum Gasteiger partial charge on any atom is 0.142 e. The first-order valence-electron chi connectivity index (χ1n) is 1.64. The SMILES string of the molecule is C=C/C=C/C=O. The van der Waals surface area contributed by atoms with Crippen LogP contribution < -0.4 is 0 Å². The molecular formula is C5H6O. The summed E-state index contributed by atoms with van der Waals surface area (Å²) >= 11 is 0. The van der Waals surface area contributed by atoms with Crippen LogP contribution >= 0.6 is 0 Å². The van der Waals surface area contributed by atoms with Crippen molar-refractivity contribution in [1.82, 2.24) is 0 Å². The minimum atomic E-state index is 0.710. The van der Waals surface area contributed by atoms with Gasteiger partial charge in [0.1, 0.15) is 6.29 Å². The summed E-state index contributed by atoms with van der Waals surface area (Å²) in [6.07, 6.45) is 5.22. The summed E-state index contributed by atoms with van der Waals surface area (Å²) in [5.41, 5.74) is 0. The van der Waals surface area contributed by atoms with Crippen molar-refractivity contribution in [2.24, 2.45) is 0 Å². The second-order valence-electron chi connectivity index (χ2n) is 0.757. The van der Waals surface area contributed by atoms with Crippen LogP contribution in [0.5, 0.6) is 0 Å². The molecule has 0 aliphatic rings. The van der Waals surface area contributed by atoms with Gasteiger partial charge in [-0.15, -0.1) is 0 Å². The van der Waals surface area contributed by atoms with E-state index in [2.05, 4.69) is 6.58 Å². The molecule has 0 fully saturated rings. The van der Waals surface area contributed by atoms with Gasteiger partial charge in [-0.3, -0.25) is 4.79 Å². The molecule has 0 radical (unpaired) electrons. The van der Waals surface area contributed by atoms with Gasteiger partial charge in [-0.05, 0) is 6.08 Å². The third kappa shape index (κ3) is 3.15. The molecule has 0 unspecified atom stereocenters. The molecule has 0 aromatic heterocycles.